The predicted molar refractivity (Wildman–Crippen MR) is 354 cm³/mol. The van der Waals surface area contributed by atoms with Crippen molar-refractivity contribution in [2.24, 2.45) is 22.0 Å². The third kappa shape index (κ3) is 18.8. The van der Waals surface area contributed by atoms with Gasteiger partial charge in [0, 0.05) is 72.5 Å². The molecule has 4 aliphatic rings. The van der Waals surface area contributed by atoms with E-state index in [4.69, 9.17) is 28.4 Å². The maximum atomic E-state index is 15.2. The molecule has 2 aromatic carbocycles. The maximum absolute atomic E-state index is 15.2. The number of carbonyl (C=O) groups is 14. The molecule has 38 heteroatoms. The van der Waals surface area contributed by atoms with E-state index in [1.54, 1.807) is 6.92 Å². The molecule has 8 rings (SSSR count). The van der Waals surface area contributed by atoms with Gasteiger partial charge in [0.05, 0.1) is 92.0 Å². The summed E-state index contributed by atoms with van der Waals surface area (Å²) in [4.78, 5) is 220. The molecule has 0 bridgehead atoms. The summed E-state index contributed by atoms with van der Waals surface area (Å²) in [5.41, 5.74) is -4.26. The number of esters is 4. The number of nitrogens with one attached hydrogen (secondary N) is 4. The lowest BCUT2D eigenvalue weighted by Gasteiger charge is -2.37. The van der Waals surface area contributed by atoms with E-state index < -0.39 is 199 Å². The van der Waals surface area contributed by atoms with E-state index in [9.17, 15) is 67.7 Å². The molecular formula is C65H80N16O22. The van der Waals surface area contributed by atoms with Crippen LogP contribution in [0.2, 0.25) is 0 Å². The number of methoxy groups -OCH3 is 2. The van der Waals surface area contributed by atoms with Gasteiger partial charge in [0.2, 0.25) is 35.4 Å². The SMILES string of the molecule is COc1ccc2nc(C(=O)N[C@@H]3COC(=O)[C@H](C(C)(C)O)N(C)C(=O)CN(C)C(=O)CNC(=O)[C@@H]4[C@@H](OC(=O)[C@H]5C[C@@H]5C)CC=NN4C(=O)[C@H](NC(=O)c4cnc5cc(OC)ccc5n4)COC(=O)[C@H](C(C)(C)O)N(C)C(=O)CN(C)C(=O)CNC(=O)[C@@H]4[C@@H](OC(C)=O)CC=NN4C3=O)cnc2c1. The van der Waals surface area contributed by atoms with Crippen LogP contribution in [0.4, 0.5) is 0 Å². The Kier molecular flexibility index (Phi) is 24.4. The molecule has 1 saturated carbocycles. The first-order valence-electron chi connectivity index (χ1n) is 32.2. The molecule has 10 atom stereocenters. The Morgan fingerprint density at radius 3 is 1.33 bits per heavy atom. The highest BCUT2D eigenvalue weighted by atomic mass is 16.6. The van der Waals surface area contributed by atoms with Crippen molar-refractivity contribution in [1.29, 1.82) is 0 Å². The van der Waals surface area contributed by atoms with Crippen molar-refractivity contribution in [1.82, 2.24) is 70.8 Å². The first-order valence-corrected chi connectivity index (χ1v) is 32.2. The maximum Gasteiger partial charge on any atom is 0.331 e. The number of hydrazone groups is 2. The van der Waals surface area contributed by atoms with Gasteiger partial charge in [-0.1, -0.05) is 6.92 Å². The fraction of sp³-hybridized carbons (Fsp3) is 0.508. The zero-order chi connectivity index (χ0) is 75.7. The monoisotopic (exact) mass is 1440 g/mol. The van der Waals surface area contributed by atoms with Crippen LogP contribution in [0, 0.1) is 11.8 Å². The minimum Gasteiger partial charge on any atom is -0.497 e. The van der Waals surface area contributed by atoms with Crippen LogP contribution in [0.15, 0.2) is 59.0 Å². The van der Waals surface area contributed by atoms with Crippen LogP contribution in [0.5, 0.6) is 11.5 Å². The van der Waals surface area contributed by atoms with Crippen molar-refractivity contribution in [3.05, 3.63) is 60.2 Å². The second-order valence-corrected chi connectivity index (χ2v) is 25.9. The molecule has 103 heavy (non-hydrogen) atoms. The molecule has 0 radical (unpaired) electrons. The Morgan fingerprint density at radius 1 is 0.583 bits per heavy atom. The molecule has 5 heterocycles. The third-order valence-corrected chi connectivity index (χ3v) is 17.0. The van der Waals surface area contributed by atoms with Crippen molar-refractivity contribution >= 4 is 117 Å². The standard InChI is InChI=1S/C65H80N16O22/c1-32-21-36(32)61(93)103-46-18-20-71-81-52(46)58(90)69-27-48(84)77(8)29-50(86)79(10)53(64(3,4)96)62(94)100-30-43(74-55(87)41-24-66-39-22-34(98-11)13-15-37(39)72-41)59(91)80-51(45(17-19-70-80)102-33(2)82)57(89)68-26-47(83)76(7)28-49(85)78(9)54(65(5,6)97)63(95)101-31-44(60(81)92)75-56(88)42-25-67-40-23-35(99-12)14-16-38(40)73-42/h13-16,19-20,22-25,32,36,43-46,51-54,96-97H,17-18,21,26-31H2,1-12H3,(H,68,89)(H,69,90)(H,74,87)(H,75,88)/t32-,36-,43+,44+,45-,46-,51-,52-,53+,54+/m0/s1. The number of carbonyl (C=O) groups excluding carboxylic acids is 14. The van der Waals surface area contributed by atoms with E-state index in [-0.39, 0.29) is 40.8 Å². The summed E-state index contributed by atoms with van der Waals surface area (Å²) in [7, 11) is 7.20. The van der Waals surface area contributed by atoms with E-state index in [2.05, 4.69) is 51.4 Å². The number of hydrogen-bond acceptors (Lipinski definition) is 28. The van der Waals surface area contributed by atoms with Crippen molar-refractivity contribution in [2.45, 2.75) is 120 Å². The molecule has 3 aliphatic heterocycles. The van der Waals surface area contributed by atoms with Crippen LogP contribution in [0.25, 0.3) is 22.1 Å². The van der Waals surface area contributed by atoms with Crippen LogP contribution in [-0.2, 0) is 76.5 Å². The summed E-state index contributed by atoms with van der Waals surface area (Å²) >= 11 is 0. The molecule has 0 spiro atoms. The lowest BCUT2D eigenvalue weighted by atomic mass is 9.97. The molecule has 6 N–H and O–H groups in total. The third-order valence-electron chi connectivity index (χ3n) is 17.0. The number of aliphatic hydroxyl groups is 2. The summed E-state index contributed by atoms with van der Waals surface area (Å²) in [5.74, 6) is -15.8. The number of aromatic nitrogens is 4. The van der Waals surface area contributed by atoms with Gasteiger partial charge in [0.15, 0.2) is 24.2 Å². The van der Waals surface area contributed by atoms with Crippen LogP contribution < -0.4 is 30.7 Å². The minimum absolute atomic E-state index is 0.112. The quantitative estimate of drug-likeness (QED) is 0.0630. The van der Waals surface area contributed by atoms with Gasteiger partial charge in [-0.25, -0.2) is 29.6 Å². The summed E-state index contributed by atoms with van der Waals surface area (Å²) < 4.78 is 33.1. The highest BCUT2D eigenvalue weighted by Gasteiger charge is 2.50. The average Bonchev–Trinajstić information content (AvgIpc) is 1.78. The van der Waals surface area contributed by atoms with Gasteiger partial charge in [-0.3, -0.25) is 67.5 Å². The normalized spacial score (nSPS) is 24.5. The summed E-state index contributed by atoms with van der Waals surface area (Å²) in [6.07, 6.45) is 1.01. The zero-order valence-electron chi connectivity index (χ0n) is 58.3. The first kappa shape index (κ1) is 77.3. The first-order chi connectivity index (χ1) is 48.5. The highest BCUT2D eigenvalue weighted by molar-refractivity contribution is 6.02. The van der Waals surface area contributed by atoms with Gasteiger partial charge in [-0.15, -0.1) is 0 Å². The van der Waals surface area contributed by atoms with Gasteiger partial charge in [0.25, 0.3) is 23.6 Å². The molecule has 2 fully saturated rings. The summed E-state index contributed by atoms with van der Waals surface area (Å²) in [5, 5.41) is 41.9. The van der Waals surface area contributed by atoms with E-state index >= 15 is 9.59 Å². The Hall–Kier alpha value is -11.4. The molecular weight excluding hydrogens is 1360 g/mol. The summed E-state index contributed by atoms with van der Waals surface area (Å²) in [6.45, 7) is 1.26. The van der Waals surface area contributed by atoms with Gasteiger partial charge in [-0.05, 0) is 64.3 Å². The number of cyclic esters (lactones) is 2. The molecule has 552 valence electrons. The number of benzene rings is 2. The lowest BCUT2D eigenvalue weighted by molar-refractivity contribution is -0.168. The van der Waals surface area contributed by atoms with Crippen LogP contribution in [-0.4, -0.2) is 297 Å². The number of rotatable bonds is 11. The number of nitrogens with zero attached hydrogens (tertiary/aromatic N) is 12. The lowest BCUT2D eigenvalue weighted by Crippen LogP contribution is -2.62. The topological polar surface area (TPSA) is 479 Å². The van der Waals surface area contributed by atoms with E-state index in [0.29, 0.717) is 37.7 Å². The fourth-order valence-corrected chi connectivity index (χ4v) is 11.3. The Bertz CT molecular complexity index is 4080. The van der Waals surface area contributed by atoms with Gasteiger partial charge >= 0.3 is 23.9 Å². The molecule has 1 saturated heterocycles. The second-order valence-electron chi connectivity index (χ2n) is 25.9. The van der Waals surface area contributed by atoms with E-state index in [1.165, 1.54) is 50.6 Å². The van der Waals surface area contributed by atoms with E-state index in [0.717, 1.165) is 97.4 Å². The number of ether oxygens (including phenoxy) is 6. The van der Waals surface area contributed by atoms with Crippen LogP contribution >= 0.6 is 0 Å². The van der Waals surface area contributed by atoms with Gasteiger partial charge in [-0.2, -0.15) is 10.2 Å². The minimum atomic E-state index is -2.21. The predicted octanol–water partition coefficient (Wildman–Crippen LogP) is -3.39. The molecule has 38 nitrogen and oxygen atoms in total. The van der Waals surface area contributed by atoms with Crippen molar-refractivity contribution in [3.8, 4) is 11.5 Å². The largest absolute Gasteiger partial charge is 0.497 e. The number of hydrogen-bond donors (Lipinski definition) is 6. The Morgan fingerprint density at radius 2 is 0.971 bits per heavy atom. The molecule has 2 aromatic heterocycles. The highest BCUT2D eigenvalue weighted by Crippen LogP contribution is 2.39. The number of likely N-dealkylation sites (N-methyl/N-ethyl adjacent to an activating group) is 4. The van der Waals surface area contributed by atoms with Crippen molar-refractivity contribution in [2.75, 3.05) is 81.8 Å². The van der Waals surface area contributed by atoms with Crippen molar-refractivity contribution < 1.29 is 106 Å². The Labute approximate surface area is 588 Å². The number of amides is 10. The molecule has 1 aliphatic carbocycles. The van der Waals surface area contributed by atoms with Gasteiger partial charge in [0.1, 0.15) is 60.4 Å². The Balaban J connectivity index is 1.15. The fourth-order valence-electron chi connectivity index (χ4n) is 11.3. The molecule has 4 aromatic rings. The summed E-state index contributed by atoms with van der Waals surface area (Å²) in [6, 6.07) is -2.98. The zero-order valence-corrected chi connectivity index (χ0v) is 58.3. The van der Waals surface area contributed by atoms with Crippen LogP contribution in [0.1, 0.15) is 81.8 Å². The number of fused-ring (bicyclic) bond motifs is 4. The van der Waals surface area contributed by atoms with Gasteiger partial charge < -0.3 is 79.5 Å². The van der Waals surface area contributed by atoms with Crippen LogP contribution in [0.3, 0.4) is 0 Å². The molecule has 0 unspecified atom stereocenters. The smallest absolute Gasteiger partial charge is 0.331 e. The average molecular weight is 1440 g/mol. The molecule has 10 amide bonds. The van der Waals surface area contributed by atoms with E-state index in [1.807, 2.05) is 0 Å². The van der Waals surface area contributed by atoms with Crippen molar-refractivity contribution in [3.63, 3.8) is 0 Å². The second kappa shape index (κ2) is 32.5.